The second kappa shape index (κ2) is 11.9. The third kappa shape index (κ3) is 7.55. The van der Waals surface area contributed by atoms with Gasteiger partial charge in [-0.15, -0.1) is 10.2 Å². The molecule has 222 valence electrons. The molecule has 0 bridgehead atoms. The van der Waals surface area contributed by atoms with Gasteiger partial charge in [-0.25, -0.2) is 9.37 Å². The Morgan fingerprint density at radius 2 is 1.66 bits per heavy atom. The van der Waals surface area contributed by atoms with E-state index in [1.165, 1.54) is 30.1 Å². The Morgan fingerprint density at radius 1 is 0.955 bits per heavy atom. The molecule has 0 atom stereocenters. The summed E-state index contributed by atoms with van der Waals surface area (Å²) in [4.78, 5) is 17.3. The molecule has 4 rings (SSSR count). The predicted octanol–water partition coefficient (Wildman–Crippen LogP) is 2.21. The van der Waals surface area contributed by atoms with Gasteiger partial charge in [0.1, 0.15) is 17.2 Å². The zero-order valence-corrected chi connectivity index (χ0v) is 25.1. The monoisotopic (exact) mass is 594 g/mol. The number of pyridine rings is 1. The van der Waals surface area contributed by atoms with Gasteiger partial charge in [-0.2, -0.15) is 5.10 Å². The van der Waals surface area contributed by atoms with Crippen molar-refractivity contribution in [2.75, 3.05) is 17.7 Å². The normalized spacial score (nSPS) is 12.1. The minimum Gasteiger partial charge on any atom is -0.494 e. The summed E-state index contributed by atoms with van der Waals surface area (Å²) in [6.07, 6.45) is 1.51. The van der Waals surface area contributed by atoms with E-state index in [1.807, 2.05) is 0 Å². The summed E-state index contributed by atoms with van der Waals surface area (Å²) in [5, 5.41) is 39.5. The van der Waals surface area contributed by atoms with E-state index in [9.17, 15) is 15.0 Å². The highest BCUT2D eigenvalue weighted by Crippen LogP contribution is 2.40. The highest BCUT2D eigenvalue weighted by atomic mass is 19.1. The summed E-state index contributed by atoms with van der Waals surface area (Å²) >= 11 is 0. The van der Waals surface area contributed by atoms with Crippen molar-refractivity contribution in [3.63, 3.8) is 0 Å². The van der Waals surface area contributed by atoms with Crippen LogP contribution in [0.2, 0.25) is 0 Å². The highest BCUT2D eigenvalue weighted by molar-refractivity contribution is 6.60. The fourth-order valence-electron chi connectivity index (χ4n) is 4.40. The molecule has 0 saturated heterocycles. The molecule has 3 heterocycles. The van der Waals surface area contributed by atoms with Crippen molar-refractivity contribution >= 4 is 52.5 Å². The first-order valence-electron chi connectivity index (χ1n) is 13.3. The van der Waals surface area contributed by atoms with Gasteiger partial charge in [-0.3, -0.25) is 9.48 Å². The predicted molar refractivity (Wildman–Crippen MR) is 166 cm³/mol. The topological polar surface area (TPSA) is 159 Å². The Hall–Kier alpha value is -4.43. The number of anilines is 4. The molecule has 3 aromatic heterocycles. The molecule has 0 spiro atoms. The molecule has 0 aliphatic rings. The molecule has 0 unspecified atom stereocenters. The first-order chi connectivity index (χ1) is 20.4. The van der Waals surface area contributed by atoms with Crippen molar-refractivity contribution in [3.8, 4) is 17.0 Å². The van der Waals surface area contributed by atoms with Crippen LogP contribution in [0.1, 0.15) is 49.4 Å². The van der Waals surface area contributed by atoms with Crippen LogP contribution in [0.3, 0.4) is 0 Å². The second-order valence-corrected chi connectivity index (χ2v) is 11.2. The van der Waals surface area contributed by atoms with Crippen LogP contribution in [0, 0.1) is 5.82 Å². The SMILES string of the molecule is [B]C([B])([B])NC(=O)c1nnc(Nc2cc(C(C)(C)O)ccn2)cc1Nc1cc(F)cc(-c2cc(C(C)(C)O)n(C)n2)c1OC. The number of carbonyl (C=O) groups excluding carboxylic acids is 1. The molecule has 12 nitrogen and oxygen atoms in total. The largest absolute Gasteiger partial charge is 0.494 e. The summed E-state index contributed by atoms with van der Waals surface area (Å²) in [5.41, 5.74) is -0.829. The molecule has 1 amide bonds. The standard InChI is InChI=1S/C28H30B3FN8O4/c1-26(2,42)14-7-8-33-21(9-14)35-22-13-18(23(38-37-22)25(41)36-28(29,30)31)34-19-11-15(32)10-16(24(19)44-6)17-12-20(27(3,4)43)40(5)39-17/h7-13,42-43H,1-6H3,(H,36,41)(H2,33,34,35,37). The van der Waals surface area contributed by atoms with E-state index in [2.05, 4.69) is 36.2 Å². The summed E-state index contributed by atoms with van der Waals surface area (Å²) in [6, 6.07) is 8.72. The maximum Gasteiger partial charge on any atom is 0.272 e. The van der Waals surface area contributed by atoms with Gasteiger partial charge in [0, 0.05) is 30.9 Å². The number of rotatable bonds is 10. The lowest BCUT2D eigenvalue weighted by atomic mass is 9.49. The molecule has 5 N–H and O–H groups in total. The zero-order valence-electron chi connectivity index (χ0n) is 25.1. The van der Waals surface area contributed by atoms with Crippen LogP contribution in [-0.2, 0) is 18.2 Å². The third-order valence-corrected chi connectivity index (χ3v) is 6.37. The van der Waals surface area contributed by atoms with Gasteiger partial charge in [0.25, 0.3) is 5.91 Å². The van der Waals surface area contributed by atoms with Crippen LogP contribution in [0.15, 0.2) is 42.6 Å². The molecular weight excluding hydrogens is 564 g/mol. The maximum absolute atomic E-state index is 15.1. The summed E-state index contributed by atoms with van der Waals surface area (Å²) < 4.78 is 22.2. The number of halogens is 1. The van der Waals surface area contributed by atoms with Crippen LogP contribution < -0.4 is 20.7 Å². The average molecular weight is 594 g/mol. The van der Waals surface area contributed by atoms with Crippen LogP contribution in [-0.4, -0.2) is 77.0 Å². The molecule has 0 saturated carbocycles. The third-order valence-electron chi connectivity index (χ3n) is 6.37. The van der Waals surface area contributed by atoms with Crippen LogP contribution in [0.4, 0.5) is 27.4 Å². The van der Waals surface area contributed by atoms with Crippen molar-refractivity contribution in [1.82, 2.24) is 30.3 Å². The smallest absolute Gasteiger partial charge is 0.272 e. The van der Waals surface area contributed by atoms with Gasteiger partial charge in [0.15, 0.2) is 17.3 Å². The number of aliphatic hydroxyl groups is 2. The second-order valence-electron chi connectivity index (χ2n) is 11.2. The number of hydrogen-bond acceptors (Lipinski definition) is 10. The van der Waals surface area contributed by atoms with E-state index in [-0.39, 0.29) is 34.2 Å². The number of nitrogens with zero attached hydrogens (tertiary/aromatic N) is 5. The van der Waals surface area contributed by atoms with Gasteiger partial charge < -0.3 is 30.9 Å². The zero-order chi connectivity index (χ0) is 32.6. The van der Waals surface area contributed by atoms with Gasteiger partial charge in [-0.1, -0.05) is 5.24 Å². The lowest BCUT2D eigenvalue weighted by molar-refractivity contribution is 0.0695. The molecular formula is C28H30B3FN8O4. The van der Waals surface area contributed by atoms with Crippen LogP contribution >= 0.6 is 0 Å². The number of hydrogen-bond donors (Lipinski definition) is 5. The van der Waals surface area contributed by atoms with Gasteiger partial charge >= 0.3 is 0 Å². The Bertz CT molecular complexity index is 1700. The molecule has 1 aromatic carbocycles. The number of aryl methyl sites for hydroxylation is 1. The molecule has 16 heteroatoms. The molecule has 6 radical (unpaired) electrons. The molecule has 0 aliphatic carbocycles. The molecule has 4 aromatic rings. The van der Waals surface area contributed by atoms with Gasteiger partial charge in [-0.05, 0) is 57.5 Å². The fourth-order valence-corrected chi connectivity index (χ4v) is 4.40. The number of methoxy groups -OCH3 is 1. The number of ether oxygens (including phenoxy) is 1. The number of aromatic nitrogens is 5. The summed E-state index contributed by atoms with van der Waals surface area (Å²) in [5.74, 6) is -0.886. The number of carbonyl (C=O) groups is 1. The Balaban J connectivity index is 1.81. The van der Waals surface area contributed by atoms with Crippen molar-refractivity contribution < 1.29 is 24.1 Å². The van der Waals surface area contributed by atoms with Crippen molar-refractivity contribution in [1.29, 1.82) is 0 Å². The highest BCUT2D eigenvalue weighted by Gasteiger charge is 2.26. The number of amides is 1. The maximum atomic E-state index is 15.1. The number of benzene rings is 1. The Labute approximate surface area is 258 Å². The van der Waals surface area contributed by atoms with Gasteiger partial charge in [0.2, 0.25) is 0 Å². The van der Waals surface area contributed by atoms with E-state index in [0.717, 1.165) is 6.07 Å². The van der Waals surface area contributed by atoms with Crippen LogP contribution in [0.5, 0.6) is 5.75 Å². The van der Waals surface area contributed by atoms with Crippen molar-refractivity contribution in [2.24, 2.45) is 7.05 Å². The minimum atomic E-state index is -2.07. The first-order valence-corrected chi connectivity index (χ1v) is 13.3. The number of nitrogens with one attached hydrogen (secondary N) is 3. The van der Waals surface area contributed by atoms with E-state index in [4.69, 9.17) is 28.3 Å². The van der Waals surface area contributed by atoms with E-state index in [0.29, 0.717) is 22.8 Å². The Morgan fingerprint density at radius 3 is 2.25 bits per heavy atom. The molecule has 0 fully saturated rings. The first kappa shape index (κ1) is 32.5. The fraction of sp³-hybridized carbons (Fsp3) is 0.321. The summed E-state index contributed by atoms with van der Waals surface area (Å²) in [7, 11) is 19.8. The van der Waals surface area contributed by atoms with Crippen molar-refractivity contribution in [3.05, 3.63) is 65.4 Å². The molecule has 0 aliphatic heterocycles. The quantitative estimate of drug-likeness (QED) is 0.173. The minimum absolute atomic E-state index is 0.0379. The van der Waals surface area contributed by atoms with Gasteiger partial charge in [0.05, 0.1) is 59.0 Å². The molecule has 44 heavy (non-hydrogen) atoms. The van der Waals surface area contributed by atoms with E-state index < -0.39 is 28.2 Å². The lowest BCUT2D eigenvalue weighted by Gasteiger charge is -2.23. The van der Waals surface area contributed by atoms with Crippen molar-refractivity contribution in [2.45, 2.75) is 44.1 Å². The Kier molecular flexibility index (Phi) is 8.81. The average Bonchev–Trinajstić information content (AvgIpc) is 3.29. The van der Waals surface area contributed by atoms with Crippen LogP contribution in [0.25, 0.3) is 11.3 Å². The van der Waals surface area contributed by atoms with E-state index in [1.54, 1.807) is 52.9 Å². The van der Waals surface area contributed by atoms with E-state index >= 15 is 4.39 Å². The lowest BCUT2D eigenvalue weighted by Crippen LogP contribution is -2.50. The summed E-state index contributed by atoms with van der Waals surface area (Å²) in [6.45, 7) is 6.47.